The highest BCUT2D eigenvalue weighted by Crippen LogP contribution is 2.30. The molecule has 0 saturated carbocycles. The van der Waals surface area contributed by atoms with E-state index in [9.17, 15) is 4.79 Å². The van der Waals surface area contributed by atoms with Gasteiger partial charge < -0.3 is 8.83 Å². The minimum atomic E-state index is -0.417. The molecule has 1 aliphatic heterocycles. The van der Waals surface area contributed by atoms with E-state index in [1.54, 1.807) is 0 Å². The fourth-order valence-corrected chi connectivity index (χ4v) is 4.12. The first-order valence-electron chi connectivity index (χ1n) is 8.96. The maximum Gasteiger partial charge on any atom is 0.438 e. The van der Waals surface area contributed by atoms with Crippen LogP contribution in [0.4, 0.5) is 0 Å². The van der Waals surface area contributed by atoms with Gasteiger partial charge in [-0.3, -0.25) is 4.90 Å². The van der Waals surface area contributed by atoms with Gasteiger partial charge in [0.05, 0.1) is 4.88 Å². The van der Waals surface area contributed by atoms with Gasteiger partial charge in [-0.2, -0.15) is 4.68 Å². The van der Waals surface area contributed by atoms with Crippen molar-refractivity contribution in [1.29, 1.82) is 0 Å². The van der Waals surface area contributed by atoms with Crippen LogP contribution in [0.2, 0.25) is 0 Å². The van der Waals surface area contributed by atoms with Crippen LogP contribution in [0.1, 0.15) is 24.7 Å². The van der Waals surface area contributed by atoms with Gasteiger partial charge in [0.1, 0.15) is 12.2 Å². The zero-order chi connectivity index (χ0) is 18.2. The molecule has 0 unspecified atom stereocenters. The SMILES string of the molecule is O=c1oc(-c2cccs2)nn1CN1CCC(c2nc3ccccc3o2)CC1. The fourth-order valence-electron chi connectivity index (χ4n) is 3.47. The average Bonchev–Trinajstić information content (AvgIpc) is 3.42. The fraction of sp³-hybridized carbons (Fsp3) is 0.316. The van der Waals surface area contributed by atoms with E-state index >= 15 is 0 Å². The van der Waals surface area contributed by atoms with E-state index in [0.29, 0.717) is 18.5 Å². The molecular weight excluding hydrogens is 364 g/mol. The molecule has 3 aromatic heterocycles. The van der Waals surface area contributed by atoms with Crippen molar-refractivity contribution in [3.05, 3.63) is 58.2 Å². The highest BCUT2D eigenvalue weighted by atomic mass is 32.1. The van der Waals surface area contributed by atoms with Crippen molar-refractivity contribution in [2.45, 2.75) is 25.4 Å². The van der Waals surface area contributed by atoms with Crippen molar-refractivity contribution in [3.63, 3.8) is 0 Å². The van der Waals surface area contributed by atoms with E-state index in [2.05, 4.69) is 15.0 Å². The highest BCUT2D eigenvalue weighted by molar-refractivity contribution is 7.13. The summed E-state index contributed by atoms with van der Waals surface area (Å²) in [4.78, 5) is 19.8. The van der Waals surface area contributed by atoms with Gasteiger partial charge >= 0.3 is 5.76 Å². The smallest absolute Gasteiger partial charge is 0.438 e. The van der Waals surface area contributed by atoms with E-state index in [4.69, 9.17) is 8.83 Å². The number of thiophene rings is 1. The predicted octanol–water partition coefficient (Wildman–Crippen LogP) is 3.54. The van der Waals surface area contributed by atoms with E-state index in [0.717, 1.165) is 47.8 Å². The molecule has 0 radical (unpaired) electrons. The van der Waals surface area contributed by atoms with Crippen LogP contribution >= 0.6 is 11.3 Å². The predicted molar refractivity (Wildman–Crippen MR) is 102 cm³/mol. The quantitative estimate of drug-likeness (QED) is 0.537. The maximum atomic E-state index is 12.1. The summed E-state index contributed by atoms with van der Waals surface area (Å²) in [5, 5.41) is 6.26. The van der Waals surface area contributed by atoms with Crippen molar-refractivity contribution in [1.82, 2.24) is 19.7 Å². The summed E-state index contributed by atoms with van der Waals surface area (Å²) in [6.45, 7) is 2.15. The maximum absolute atomic E-state index is 12.1. The minimum absolute atomic E-state index is 0.310. The highest BCUT2D eigenvalue weighted by Gasteiger charge is 2.25. The molecule has 0 aliphatic carbocycles. The van der Waals surface area contributed by atoms with Gasteiger partial charge in [-0.1, -0.05) is 18.2 Å². The van der Waals surface area contributed by atoms with Crippen LogP contribution in [-0.4, -0.2) is 32.8 Å². The zero-order valence-electron chi connectivity index (χ0n) is 14.6. The van der Waals surface area contributed by atoms with Crippen molar-refractivity contribution < 1.29 is 8.83 Å². The molecule has 0 spiro atoms. The Morgan fingerprint density at radius 3 is 2.74 bits per heavy atom. The number of oxazole rings is 1. The number of hydrogen-bond acceptors (Lipinski definition) is 7. The van der Waals surface area contributed by atoms with Crippen molar-refractivity contribution in [2.24, 2.45) is 0 Å². The third-order valence-corrected chi connectivity index (χ3v) is 5.78. The summed E-state index contributed by atoms with van der Waals surface area (Å²) in [6.07, 6.45) is 1.88. The van der Waals surface area contributed by atoms with Gasteiger partial charge in [0, 0.05) is 19.0 Å². The zero-order valence-corrected chi connectivity index (χ0v) is 15.4. The van der Waals surface area contributed by atoms with E-state index in [1.165, 1.54) is 16.0 Å². The lowest BCUT2D eigenvalue weighted by Gasteiger charge is -2.29. The summed E-state index contributed by atoms with van der Waals surface area (Å²) in [7, 11) is 0. The molecule has 7 nitrogen and oxygen atoms in total. The number of nitrogens with zero attached hydrogens (tertiary/aromatic N) is 4. The van der Waals surface area contributed by atoms with Gasteiger partial charge in [-0.25, -0.2) is 9.78 Å². The van der Waals surface area contributed by atoms with E-state index in [1.807, 2.05) is 41.8 Å². The molecule has 138 valence electrons. The Morgan fingerprint density at radius 2 is 1.96 bits per heavy atom. The molecule has 1 fully saturated rings. The van der Waals surface area contributed by atoms with Gasteiger partial charge in [-0.05, 0) is 36.4 Å². The van der Waals surface area contributed by atoms with Crippen LogP contribution in [0.5, 0.6) is 0 Å². The van der Waals surface area contributed by atoms with Crippen LogP contribution in [0.25, 0.3) is 21.9 Å². The second-order valence-corrected chi connectivity index (χ2v) is 7.65. The second kappa shape index (κ2) is 6.79. The molecular formula is C19H18N4O3S. The normalized spacial score (nSPS) is 16.3. The van der Waals surface area contributed by atoms with Crippen molar-refractivity contribution in [3.8, 4) is 10.8 Å². The number of para-hydroxylation sites is 2. The molecule has 0 N–H and O–H groups in total. The number of hydrogen-bond donors (Lipinski definition) is 0. The monoisotopic (exact) mass is 382 g/mol. The largest absolute Gasteiger partial charge is 0.440 e. The molecule has 0 bridgehead atoms. The number of rotatable bonds is 4. The first-order valence-corrected chi connectivity index (χ1v) is 9.84. The van der Waals surface area contributed by atoms with Gasteiger partial charge in [-0.15, -0.1) is 16.4 Å². The Morgan fingerprint density at radius 1 is 1.11 bits per heavy atom. The van der Waals surface area contributed by atoms with Crippen LogP contribution in [0.15, 0.2) is 55.4 Å². The third kappa shape index (κ3) is 3.22. The standard InChI is InChI=1S/C19H18N4O3S/c24-19-23(21-18(26-19)16-6-3-11-27-16)12-22-9-7-13(8-10-22)17-20-14-4-1-2-5-15(14)25-17/h1-6,11,13H,7-10,12H2. The lowest BCUT2D eigenvalue weighted by molar-refractivity contribution is 0.150. The van der Waals surface area contributed by atoms with Crippen LogP contribution in [-0.2, 0) is 6.67 Å². The van der Waals surface area contributed by atoms with E-state index < -0.39 is 5.76 Å². The van der Waals surface area contributed by atoms with Gasteiger partial charge in [0.2, 0.25) is 0 Å². The number of fused-ring (bicyclic) bond motifs is 1. The number of piperidine rings is 1. The van der Waals surface area contributed by atoms with Crippen LogP contribution < -0.4 is 5.76 Å². The van der Waals surface area contributed by atoms with Crippen molar-refractivity contribution in [2.75, 3.05) is 13.1 Å². The molecule has 4 heterocycles. The van der Waals surface area contributed by atoms with Gasteiger partial charge in [0.25, 0.3) is 5.89 Å². The summed E-state index contributed by atoms with van der Waals surface area (Å²) >= 11 is 1.50. The van der Waals surface area contributed by atoms with Crippen molar-refractivity contribution >= 4 is 22.4 Å². The molecule has 0 atom stereocenters. The summed E-state index contributed by atoms with van der Waals surface area (Å²) in [5.41, 5.74) is 1.75. The Bertz CT molecular complexity index is 1070. The molecule has 1 saturated heterocycles. The molecule has 4 aromatic rings. The molecule has 0 amide bonds. The van der Waals surface area contributed by atoms with Gasteiger partial charge in [0.15, 0.2) is 11.5 Å². The molecule has 27 heavy (non-hydrogen) atoms. The first-order chi connectivity index (χ1) is 13.3. The number of likely N-dealkylation sites (tertiary alicyclic amines) is 1. The Labute approximate surface area is 158 Å². The third-order valence-electron chi connectivity index (χ3n) is 4.92. The summed E-state index contributed by atoms with van der Waals surface area (Å²) in [5.74, 6) is 1.09. The summed E-state index contributed by atoms with van der Waals surface area (Å²) in [6, 6.07) is 11.7. The lowest BCUT2D eigenvalue weighted by Crippen LogP contribution is -2.37. The number of aromatic nitrogens is 3. The minimum Gasteiger partial charge on any atom is -0.440 e. The van der Waals surface area contributed by atoms with Crippen LogP contribution in [0, 0.1) is 0 Å². The Balaban J connectivity index is 1.25. The summed E-state index contributed by atoms with van der Waals surface area (Å²) < 4.78 is 12.6. The topological polar surface area (TPSA) is 77.3 Å². The first kappa shape index (κ1) is 16.5. The second-order valence-electron chi connectivity index (χ2n) is 6.70. The molecule has 1 aliphatic rings. The Hall–Kier alpha value is -2.71. The lowest BCUT2D eigenvalue weighted by atomic mass is 9.97. The van der Waals surface area contributed by atoms with Crippen LogP contribution in [0.3, 0.4) is 0 Å². The molecule has 1 aromatic carbocycles. The Kier molecular flexibility index (Phi) is 4.14. The number of benzene rings is 1. The average molecular weight is 382 g/mol. The molecule has 8 heteroatoms. The van der Waals surface area contributed by atoms with E-state index in [-0.39, 0.29) is 0 Å². The molecule has 5 rings (SSSR count).